The lowest BCUT2D eigenvalue weighted by Gasteiger charge is -2.14. The second-order valence-electron chi connectivity index (χ2n) is 5.23. The normalized spacial score (nSPS) is 15.2. The molecule has 2 rings (SSSR count). The highest BCUT2D eigenvalue weighted by Crippen LogP contribution is 2.47. The minimum absolute atomic E-state index is 0.177. The molecule has 0 unspecified atom stereocenters. The number of carbonyl (C=O) groups excluding carboxylic acids is 1. The van der Waals surface area contributed by atoms with Gasteiger partial charge in [-0.3, -0.25) is 4.79 Å². The van der Waals surface area contributed by atoms with Crippen LogP contribution in [0.2, 0.25) is 0 Å². The van der Waals surface area contributed by atoms with Crippen molar-refractivity contribution in [3.05, 3.63) is 35.1 Å². The quantitative estimate of drug-likeness (QED) is 0.826. The summed E-state index contributed by atoms with van der Waals surface area (Å²) in [4.78, 5) is 12.2. The van der Waals surface area contributed by atoms with Crippen molar-refractivity contribution < 1.29 is 9.18 Å². The van der Waals surface area contributed by atoms with Crippen LogP contribution in [-0.2, 0) is 0 Å². The Kier molecular flexibility index (Phi) is 4.41. The van der Waals surface area contributed by atoms with Crippen molar-refractivity contribution in [3.8, 4) is 11.8 Å². The van der Waals surface area contributed by atoms with Crippen molar-refractivity contribution in [1.82, 2.24) is 5.32 Å². The summed E-state index contributed by atoms with van der Waals surface area (Å²) < 4.78 is 13.2. The first-order chi connectivity index (χ1) is 9.60. The summed E-state index contributed by atoms with van der Waals surface area (Å²) in [6.07, 6.45) is 3.39. The average Bonchev–Trinajstić information content (AvgIpc) is 3.23. The number of hydrogen-bond acceptors (Lipinski definition) is 2. The van der Waals surface area contributed by atoms with Crippen molar-refractivity contribution in [3.63, 3.8) is 0 Å². The van der Waals surface area contributed by atoms with Crippen molar-refractivity contribution in [2.45, 2.75) is 26.2 Å². The minimum Gasteiger partial charge on any atom is -0.351 e. The van der Waals surface area contributed by atoms with Gasteiger partial charge in [0, 0.05) is 12.1 Å². The third-order valence-corrected chi connectivity index (χ3v) is 3.88. The van der Waals surface area contributed by atoms with Crippen molar-refractivity contribution in [2.75, 3.05) is 13.1 Å². The predicted octanol–water partition coefficient (Wildman–Crippen LogP) is 2.06. The SMILES string of the molecule is CCC1(CNC(=O)c2ccc(F)cc2C#CCN)CC1. The second-order valence-corrected chi connectivity index (χ2v) is 5.23. The lowest BCUT2D eigenvalue weighted by Crippen LogP contribution is -2.30. The van der Waals surface area contributed by atoms with Gasteiger partial charge in [-0.15, -0.1) is 0 Å². The summed E-state index contributed by atoms with van der Waals surface area (Å²) in [5.74, 6) is 4.79. The van der Waals surface area contributed by atoms with E-state index in [1.54, 1.807) is 0 Å². The molecule has 0 atom stereocenters. The number of rotatable bonds is 4. The molecule has 1 fully saturated rings. The molecule has 3 N–H and O–H groups in total. The molecule has 106 valence electrons. The Morgan fingerprint density at radius 1 is 1.50 bits per heavy atom. The van der Waals surface area contributed by atoms with E-state index < -0.39 is 5.82 Å². The van der Waals surface area contributed by atoms with Gasteiger partial charge in [0.1, 0.15) is 5.82 Å². The number of nitrogens with one attached hydrogen (secondary N) is 1. The largest absolute Gasteiger partial charge is 0.351 e. The van der Waals surface area contributed by atoms with E-state index in [0.717, 1.165) is 19.3 Å². The maximum atomic E-state index is 13.2. The number of hydrogen-bond donors (Lipinski definition) is 2. The standard InChI is InChI=1S/C16H19FN2O/c1-2-16(7-8-16)11-19-15(20)14-6-5-13(17)10-12(14)4-3-9-18/h5-6,10H,2,7-9,11,18H2,1H3,(H,19,20). The Bertz CT molecular complexity index is 568. The average molecular weight is 274 g/mol. The van der Waals surface area contributed by atoms with Crippen molar-refractivity contribution in [2.24, 2.45) is 11.1 Å². The molecule has 0 saturated heterocycles. The maximum Gasteiger partial charge on any atom is 0.252 e. The summed E-state index contributed by atoms with van der Waals surface area (Å²) in [7, 11) is 0. The van der Waals surface area contributed by atoms with Crippen molar-refractivity contribution in [1.29, 1.82) is 0 Å². The number of nitrogens with two attached hydrogens (primary N) is 1. The topological polar surface area (TPSA) is 55.1 Å². The zero-order chi connectivity index (χ0) is 14.6. The van der Waals surface area contributed by atoms with Gasteiger partial charge in [0.05, 0.1) is 12.1 Å². The van der Waals surface area contributed by atoms with Crippen LogP contribution in [0.25, 0.3) is 0 Å². The van der Waals surface area contributed by atoms with Crippen LogP contribution in [0.3, 0.4) is 0 Å². The van der Waals surface area contributed by atoms with Crippen LogP contribution < -0.4 is 11.1 Å². The minimum atomic E-state index is -0.407. The highest BCUT2D eigenvalue weighted by Gasteiger charge is 2.40. The van der Waals surface area contributed by atoms with E-state index in [1.165, 1.54) is 18.2 Å². The van der Waals surface area contributed by atoms with Gasteiger partial charge in [0.15, 0.2) is 0 Å². The Balaban J connectivity index is 2.12. The molecule has 0 heterocycles. The molecule has 4 heteroatoms. The van der Waals surface area contributed by atoms with E-state index in [0.29, 0.717) is 17.7 Å². The predicted molar refractivity (Wildman–Crippen MR) is 76.6 cm³/mol. The van der Waals surface area contributed by atoms with Gasteiger partial charge in [-0.05, 0) is 42.9 Å². The van der Waals surface area contributed by atoms with Crippen molar-refractivity contribution >= 4 is 5.91 Å². The number of benzene rings is 1. The van der Waals surface area contributed by atoms with E-state index in [4.69, 9.17) is 5.73 Å². The molecule has 0 bridgehead atoms. The highest BCUT2D eigenvalue weighted by molar-refractivity contribution is 5.96. The molecule has 20 heavy (non-hydrogen) atoms. The van der Waals surface area contributed by atoms with Crippen LogP contribution in [0.15, 0.2) is 18.2 Å². The molecule has 1 aliphatic rings. The Labute approximate surface area is 118 Å². The van der Waals surface area contributed by atoms with Crippen LogP contribution >= 0.6 is 0 Å². The first-order valence-corrected chi connectivity index (χ1v) is 6.87. The molecule has 1 amide bonds. The fraction of sp³-hybridized carbons (Fsp3) is 0.438. The van der Waals surface area contributed by atoms with Crippen LogP contribution in [0.1, 0.15) is 42.1 Å². The number of amides is 1. The molecule has 0 aliphatic heterocycles. The van der Waals surface area contributed by atoms with E-state index in [2.05, 4.69) is 24.1 Å². The fourth-order valence-corrected chi connectivity index (χ4v) is 2.16. The summed E-state index contributed by atoms with van der Waals surface area (Å²) in [5, 5.41) is 2.93. The molecule has 1 aromatic carbocycles. The zero-order valence-electron chi connectivity index (χ0n) is 11.6. The first-order valence-electron chi connectivity index (χ1n) is 6.87. The third-order valence-electron chi connectivity index (χ3n) is 3.88. The molecular weight excluding hydrogens is 255 g/mol. The lowest BCUT2D eigenvalue weighted by molar-refractivity contribution is 0.0944. The van der Waals surface area contributed by atoms with Crippen LogP contribution in [0, 0.1) is 23.1 Å². The summed E-state index contributed by atoms with van der Waals surface area (Å²) >= 11 is 0. The molecule has 1 saturated carbocycles. The van der Waals surface area contributed by atoms with Gasteiger partial charge in [0.2, 0.25) is 0 Å². The smallest absolute Gasteiger partial charge is 0.252 e. The van der Waals surface area contributed by atoms with Gasteiger partial charge in [-0.1, -0.05) is 18.8 Å². The molecular formula is C16H19FN2O. The van der Waals surface area contributed by atoms with Crippen LogP contribution in [0.4, 0.5) is 4.39 Å². The first kappa shape index (κ1) is 14.5. The maximum absolute atomic E-state index is 13.2. The second kappa shape index (κ2) is 6.06. The van der Waals surface area contributed by atoms with Crippen LogP contribution in [-0.4, -0.2) is 19.0 Å². The molecule has 0 spiro atoms. The molecule has 3 nitrogen and oxygen atoms in total. The summed E-state index contributed by atoms with van der Waals surface area (Å²) in [5.41, 5.74) is 6.38. The fourth-order valence-electron chi connectivity index (χ4n) is 2.16. The van der Waals surface area contributed by atoms with E-state index in [9.17, 15) is 9.18 Å². The highest BCUT2D eigenvalue weighted by atomic mass is 19.1. The lowest BCUT2D eigenvalue weighted by atomic mass is 10.0. The Morgan fingerprint density at radius 3 is 2.85 bits per heavy atom. The summed E-state index contributed by atoms with van der Waals surface area (Å²) in [6, 6.07) is 4.01. The van der Waals surface area contributed by atoms with E-state index in [-0.39, 0.29) is 17.9 Å². The van der Waals surface area contributed by atoms with Gasteiger partial charge in [0.25, 0.3) is 5.91 Å². The monoisotopic (exact) mass is 274 g/mol. The zero-order valence-corrected chi connectivity index (χ0v) is 11.6. The number of carbonyl (C=O) groups is 1. The molecule has 0 aromatic heterocycles. The summed E-state index contributed by atoms with van der Waals surface area (Å²) in [6.45, 7) is 2.98. The third kappa shape index (κ3) is 3.37. The van der Waals surface area contributed by atoms with E-state index in [1.807, 2.05) is 0 Å². The Hall–Kier alpha value is -1.86. The van der Waals surface area contributed by atoms with Gasteiger partial charge in [-0.2, -0.15) is 0 Å². The van der Waals surface area contributed by atoms with E-state index >= 15 is 0 Å². The molecule has 1 aromatic rings. The van der Waals surface area contributed by atoms with Gasteiger partial charge < -0.3 is 11.1 Å². The van der Waals surface area contributed by atoms with Crippen LogP contribution in [0.5, 0.6) is 0 Å². The van der Waals surface area contributed by atoms with Gasteiger partial charge >= 0.3 is 0 Å². The molecule has 1 aliphatic carbocycles. The van der Waals surface area contributed by atoms with Gasteiger partial charge in [-0.25, -0.2) is 4.39 Å². The number of halogens is 1. The molecule has 0 radical (unpaired) electrons. The Morgan fingerprint density at radius 2 is 2.25 bits per heavy atom.